The number of rotatable bonds is 8. The predicted octanol–water partition coefficient (Wildman–Crippen LogP) is 4.18. The molecule has 172 valence electrons. The van der Waals surface area contributed by atoms with Crippen LogP contribution in [-0.4, -0.2) is 42.4 Å². The van der Waals surface area contributed by atoms with Gasteiger partial charge in [0.15, 0.2) is 0 Å². The summed E-state index contributed by atoms with van der Waals surface area (Å²) in [5.74, 6) is -8.26. The van der Waals surface area contributed by atoms with Gasteiger partial charge in [0.2, 0.25) is 10.0 Å². The SMILES string of the molecule is CC(C)(OCC(=O)O)C(F)(F)C(C)(NS(=O)(=O)C(C)(C)C)c1cc(Br)c(F)cc1F. The highest BCUT2D eigenvalue weighted by molar-refractivity contribution is 9.10. The van der Waals surface area contributed by atoms with Gasteiger partial charge in [-0.3, -0.25) is 0 Å². The lowest BCUT2D eigenvalue weighted by atomic mass is 9.78. The van der Waals surface area contributed by atoms with E-state index >= 15 is 8.78 Å². The van der Waals surface area contributed by atoms with Gasteiger partial charge in [0.25, 0.3) is 5.92 Å². The second-order valence-corrected chi connectivity index (χ2v) is 11.6. The number of carboxylic acids is 1. The lowest BCUT2D eigenvalue weighted by Crippen LogP contribution is -2.66. The molecular formula is C18H24BrF4NO5S. The number of benzene rings is 1. The van der Waals surface area contributed by atoms with Crippen LogP contribution in [0.2, 0.25) is 0 Å². The van der Waals surface area contributed by atoms with Crippen LogP contribution in [0, 0.1) is 11.6 Å². The van der Waals surface area contributed by atoms with Crippen LogP contribution < -0.4 is 4.72 Å². The fourth-order valence-electron chi connectivity index (χ4n) is 2.55. The number of carbonyl (C=O) groups is 1. The molecule has 2 N–H and O–H groups in total. The molecule has 1 unspecified atom stereocenters. The van der Waals surface area contributed by atoms with Gasteiger partial charge >= 0.3 is 5.97 Å². The fraction of sp³-hybridized carbons (Fsp3) is 0.611. The van der Waals surface area contributed by atoms with Crippen molar-refractivity contribution in [2.45, 2.75) is 63.4 Å². The summed E-state index contributed by atoms with van der Waals surface area (Å²) in [5, 5.41) is 8.78. The number of alkyl halides is 2. The van der Waals surface area contributed by atoms with Crippen molar-refractivity contribution >= 4 is 31.9 Å². The van der Waals surface area contributed by atoms with Gasteiger partial charge in [-0.05, 0) is 63.5 Å². The van der Waals surface area contributed by atoms with E-state index in [9.17, 15) is 22.0 Å². The van der Waals surface area contributed by atoms with Crippen molar-refractivity contribution in [2.75, 3.05) is 6.61 Å². The summed E-state index contributed by atoms with van der Waals surface area (Å²) in [6.07, 6.45) is 0. The number of sulfonamides is 1. The van der Waals surface area contributed by atoms with E-state index in [4.69, 9.17) is 9.84 Å². The molecule has 0 aliphatic heterocycles. The average Bonchev–Trinajstić information content (AvgIpc) is 2.54. The Balaban J connectivity index is 3.82. The first-order chi connectivity index (χ1) is 13.2. The van der Waals surface area contributed by atoms with Crippen LogP contribution in [0.25, 0.3) is 0 Å². The Kier molecular flexibility index (Phi) is 7.47. The van der Waals surface area contributed by atoms with Crippen LogP contribution in [-0.2, 0) is 25.1 Å². The number of nitrogens with one attached hydrogen (secondary N) is 1. The van der Waals surface area contributed by atoms with Crippen LogP contribution >= 0.6 is 15.9 Å². The maximum absolute atomic E-state index is 15.8. The smallest absolute Gasteiger partial charge is 0.329 e. The molecule has 0 radical (unpaired) electrons. The molecule has 0 aliphatic carbocycles. The van der Waals surface area contributed by atoms with Crippen molar-refractivity contribution in [1.29, 1.82) is 0 Å². The minimum Gasteiger partial charge on any atom is -0.480 e. The molecule has 0 aliphatic rings. The topological polar surface area (TPSA) is 92.7 Å². The molecule has 1 rings (SSSR count). The van der Waals surface area contributed by atoms with Crippen LogP contribution in [0.5, 0.6) is 0 Å². The van der Waals surface area contributed by atoms with Crippen molar-refractivity contribution in [1.82, 2.24) is 4.72 Å². The molecule has 12 heteroatoms. The lowest BCUT2D eigenvalue weighted by Gasteiger charge is -2.46. The molecule has 6 nitrogen and oxygen atoms in total. The molecule has 0 heterocycles. The third-order valence-electron chi connectivity index (χ3n) is 4.63. The molecule has 1 aromatic carbocycles. The summed E-state index contributed by atoms with van der Waals surface area (Å²) in [6.45, 7) is 5.04. The van der Waals surface area contributed by atoms with E-state index in [0.29, 0.717) is 12.1 Å². The zero-order valence-electron chi connectivity index (χ0n) is 17.2. The second-order valence-electron chi connectivity index (χ2n) is 8.36. The second kappa shape index (κ2) is 8.36. The van der Waals surface area contributed by atoms with E-state index in [1.807, 2.05) is 4.72 Å². The largest absolute Gasteiger partial charge is 0.480 e. The Morgan fingerprint density at radius 1 is 1.10 bits per heavy atom. The molecule has 0 spiro atoms. The number of hydrogen-bond donors (Lipinski definition) is 2. The van der Waals surface area contributed by atoms with Gasteiger partial charge in [-0.1, -0.05) is 0 Å². The van der Waals surface area contributed by atoms with Crippen molar-refractivity contribution in [3.05, 3.63) is 33.8 Å². The number of halogens is 5. The number of ether oxygens (including phenoxy) is 1. The Morgan fingerprint density at radius 3 is 2.03 bits per heavy atom. The first-order valence-electron chi connectivity index (χ1n) is 8.62. The highest BCUT2D eigenvalue weighted by Gasteiger charge is 2.64. The van der Waals surface area contributed by atoms with Gasteiger partial charge in [-0.15, -0.1) is 0 Å². The Labute approximate surface area is 181 Å². The third-order valence-corrected chi connectivity index (χ3v) is 7.53. The number of carboxylic acid groups (broad SMARTS) is 1. The zero-order chi connectivity index (χ0) is 23.9. The molecule has 30 heavy (non-hydrogen) atoms. The summed E-state index contributed by atoms with van der Waals surface area (Å²) in [5.41, 5.74) is -6.42. The average molecular weight is 522 g/mol. The highest BCUT2D eigenvalue weighted by Crippen LogP contribution is 2.48. The quantitative estimate of drug-likeness (QED) is 0.395. The monoisotopic (exact) mass is 521 g/mol. The van der Waals surface area contributed by atoms with Gasteiger partial charge in [0.05, 0.1) is 9.22 Å². The Hall–Kier alpha value is -1.24. The third kappa shape index (κ3) is 4.97. The maximum atomic E-state index is 15.8. The van der Waals surface area contributed by atoms with Gasteiger partial charge in [0.1, 0.15) is 29.4 Å². The predicted molar refractivity (Wildman–Crippen MR) is 106 cm³/mol. The standard InChI is InChI=1S/C18H24BrF4NO5S/c1-15(2,3)30(27,28)24-17(6,10-7-11(19)13(21)8-12(10)20)18(22,23)16(4,5)29-9-14(25)26/h7-8,24H,9H2,1-6H3,(H,25,26). The van der Waals surface area contributed by atoms with Gasteiger partial charge in [-0.25, -0.2) is 30.8 Å². The Bertz CT molecular complexity index is 931. The van der Waals surface area contributed by atoms with Crippen molar-refractivity contribution < 1.29 is 40.6 Å². The van der Waals surface area contributed by atoms with E-state index in [1.165, 1.54) is 20.8 Å². The molecule has 0 saturated carbocycles. The fourth-order valence-corrected chi connectivity index (χ4v) is 3.98. The van der Waals surface area contributed by atoms with Gasteiger partial charge in [-0.2, -0.15) is 4.72 Å². The molecule has 0 aromatic heterocycles. The van der Waals surface area contributed by atoms with Crippen LogP contribution in [0.4, 0.5) is 17.6 Å². The molecule has 1 aromatic rings. The van der Waals surface area contributed by atoms with Gasteiger partial charge < -0.3 is 9.84 Å². The van der Waals surface area contributed by atoms with Crippen molar-refractivity contribution in [3.8, 4) is 0 Å². The summed E-state index contributed by atoms with van der Waals surface area (Å²) in [4.78, 5) is 10.8. The molecule has 0 fully saturated rings. The Morgan fingerprint density at radius 2 is 1.60 bits per heavy atom. The number of hydrogen-bond acceptors (Lipinski definition) is 4. The van der Waals surface area contributed by atoms with Crippen molar-refractivity contribution in [2.24, 2.45) is 0 Å². The molecular weight excluding hydrogens is 498 g/mol. The normalized spacial score (nSPS) is 15.7. The van der Waals surface area contributed by atoms with E-state index in [-0.39, 0.29) is 4.47 Å². The summed E-state index contributed by atoms with van der Waals surface area (Å²) < 4.78 is 90.2. The summed E-state index contributed by atoms with van der Waals surface area (Å²) >= 11 is 2.79. The van der Waals surface area contributed by atoms with E-state index in [2.05, 4.69) is 15.9 Å². The molecule has 0 saturated heterocycles. The first kappa shape index (κ1) is 26.8. The van der Waals surface area contributed by atoms with Crippen LogP contribution in [0.3, 0.4) is 0 Å². The van der Waals surface area contributed by atoms with Crippen molar-refractivity contribution in [3.63, 3.8) is 0 Å². The zero-order valence-corrected chi connectivity index (χ0v) is 19.6. The number of aliphatic carboxylic acids is 1. The molecule has 0 amide bonds. The van der Waals surface area contributed by atoms with E-state index in [1.54, 1.807) is 0 Å². The van der Waals surface area contributed by atoms with E-state index < -0.39 is 61.6 Å². The maximum Gasteiger partial charge on any atom is 0.329 e. The minimum absolute atomic E-state index is 0.338. The molecule has 1 atom stereocenters. The molecule has 0 bridgehead atoms. The first-order valence-corrected chi connectivity index (χ1v) is 10.9. The highest BCUT2D eigenvalue weighted by atomic mass is 79.9. The summed E-state index contributed by atoms with van der Waals surface area (Å²) in [6, 6.07) is 1.04. The van der Waals surface area contributed by atoms with Crippen LogP contribution in [0.15, 0.2) is 16.6 Å². The summed E-state index contributed by atoms with van der Waals surface area (Å²) in [7, 11) is -4.50. The minimum atomic E-state index is -4.50. The lowest BCUT2D eigenvalue weighted by molar-refractivity contribution is -0.230. The van der Waals surface area contributed by atoms with Crippen LogP contribution in [0.1, 0.15) is 47.1 Å². The van der Waals surface area contributed by atoms with Gasteiger partial charge in [0, 0.05) is 11.6 Å². The van der Waals surface area contributed by atoms with E-state index in [0.717, 1.165) is 20.8 Å².